The van der Waals surface area contributed by atoms with Crippen LogP contribution in [0.5, 0.6) is 0 Å². The Balaban J connectivity index is 0.000000109. The monoisotopic (exact) mass is 1680 g/mol. The van der Waals surface area contributed by atoms with Gasteiger partial charge in [0.1, 0.15) is 0 Å². The van der Waals surface area contributed by atoms with Crippen molar-refractivity contribution in [2.24, 2.45) is 0 Å². The normalized spacial score (nSPS) is 11.3. The molecule has 10 heteroatoms. The number of aryl methyl sites for hydroxylation is 4. The molecule has 6 heterocycles. The van der Waals surface area contributed by atoms with E-state index in [1.807, 2.05) is 120 Å². The van der Waals surface area contributed by atoms with Crippen LogP contribution in [0.4, 0.5) is 0 Å². The standard InChI is InChI=1S/C46H33N3.2C25H17NS.C22H17N3/c1-32-15-14-24-37(25-32)44-47-45(42-28-38(33-16-6-2-7-17-33)26-39(29-42)34-18-8-3-9-19-34)49-46(48-44)43-30-40(35-20-10-4-11-21-35)27-41(31-43)36-22-12-5-13-23-36;1-16-7-6-8-17(13-16)26-22-11-4-2-9-18(22)20-14-21-19-10-3-5-12-24(19)27-25(21)15-23(20)26;1-16-10-12-17(13-11-16)26-22-8-4-2-6-18(22)20-15-25-21(14-23(20)26)19-7-3-5-9-24(19)27-25;1-16-9-8-14-19(15-16)22-24-20(17-10-4-2-5-11-17)23-21(25-22)18-12-6-3-7-13-18/h2-31H,1H3;2*2-15H,1H3;2-15H,1H3. The summed E-state index contributed by atoms with van der Waals surface area (Å²) in [6.07, 6.45) is 0. The zero-order chi connectivity index (χ0) is 86.0. The predicted octanol–water partition coefficient (Wildman–Crippen LogP) is 32.0. The Kier molecular flexibility index (Phi) is 21.6. The lowest BCUT2D eigenvalue weighted by Crippen LogP contribution is -2.01. The lowest BCUT2D eigenvalue weighted by atomic mass is 9.95. The zero-order valence-electron chi connectivity index (χ0n) is 71.0. The van der Waals surface area contributed by atoms with E-state index in [2.05, 4.69) is 377 Å². The second-order valence-corrected chi connectivity index (χ2v) is 34.6. The molecule has 0 N–H and O–H groups in total. The number of hydrogen-bond donors (Lipinski definition) is 0. The van der Waals surface area contributed by atoms with E-state index in [0.29, 0.717) is 34.9 Å². The quantitative estimate of drug-likeness (QED) is 0.121. The van der Waals surface area contributed by atoms with Gasteiger partial charge < -0.3 is 9.13 Å². The lowest BCUT2D eigenvalue weighted by Gasteiger charge is -2.14. The van der Waals surface area contributed by atoms with Crippen molar-refractivity contribution in [3.05, 3.63) is 459 Å². The Morgan fingerprint density at radius 3 is 0.875 bits per heavy atom. The van der Waals surface area contributed by atoms with Crippen LogP contribution in [0, 0.1) is 27.7 Å². The molecule has 18 aromatic carbocycles. The molecule has 0 fully saturated rings. The molecular weight excluding hydrogens is 1590 g/mol. The summed E-state index contributed by atoms with van der Waals surface area (Å²) >= 11 is 3.76. The molecule has 0 aliphatic rings. The van der Waals surface area contributed by atoms with Crippen LogP contribution in [0.3, 0.4) is 0 Å². The van der Waals surface area contributed by atoms with E-state index < -0.39 is 0 Å². The number of aromatic nitrogens is 8. The van der Waals surface area contributed by atoms with Crippen LogP contribution in [0.15, 0.2) is 437 Å². The first kappa shape index (κ1) is 79.2. The predicted molar refractivity (Wildman–Crippen MR) is 540 cm³/mol. The maximum absolute atomic E-state index is 5.24. The Labute approximate surface area is 751 Å². The minimum Gasteiger partial charge on any atom is -0.309 e. The van der Waals surface area contributed by atoms with Gasteiger partial charge in [0.05, 0.1) is 22.1 Å². The van der Waals surface area contributed by atoms with Gasteiger partial charge in [0, 0.05) is 107 Å². The van der Waals surface area contributed by atoms with Gasteiger partial charge in [0.15, 0.2) is 34.9 Å². The molecule has 0 aliphatic carbocycles. The van der Waals surface area contributed by atoms with Crippen molar-refractivity contribution in [1.82, 2.24) is 39.0 Å². The van der Waals surface area contributed by atoms with Gasteiger partial charge >= 0.3 is 0 Å². The molecule has 608 valence electrons. The maximum atomic E-state index is 5.24. The second kappa shape index (κ2) is 35.0. The summed E-state index contributed by atoms with van der Waals surface area (Å²) in [4.78, 5) is 29.7. The zero-order valence-corrected chi connectivity index (χ0v) is 72.6. The summed E-state index contributed by atoms with van der Waals surface area (Å²) in [5.74, 6) is 3.96. The fraction of sp³-hybridized carbons (Fsp3) is 0.0339. The van der Waals surface area contributed by atoms with E-state index >= 15 is 0 Å². The van der Waals surface area contributed by atoms with Gasteiger partial charge in [-0.15, -0.1) is 22.7 Å². The van der Waals surface area contributed by atoms with Crippen LogP contribution in [0.25, 0.3) is 208 Å². The Morgan fingerprint density at radius 1 is 0.156 bits per heavy atom. The SMILES string of the molecule is Cc1ccc(-n2c3ccccc3c3cc4sc5ccccc5c4cc32)cc1.Cc1cccc(-c2nc(-c3cc(-c4ccccc4)cc(-c4ccccc4)c3)nc(-c3cc(-c4ccccc4)cc(-c4ccccc4)c3)n2)c1.Cc1cccc(-c2nc(-c3ccccc3)nc(-c3ccccc3)n2)c1.Cc1cccc(-n2c3ccccc3c3cc4c(cc32)sc2ccccc24)c1. The highest BCUT2D eigenvalue weighted by Crippen LogP contribution is 2.45. The number of benzene rings is 18. The highest BCUT2D eigenvalue weighted by molar-refractivity contribution is 7.26. The summed E-state index contributed by atoms with van der Waals surface area (Å²) in [6, 6.07) is 154. The van der Waals surface area contributed by atoms with Crippen molar-refractivity contribution in [2.75, 3.05) is 0 Å². The number of hydrogen-bond acceptors (Lipinski definition) is 8. The highest BCUT2D eigenvalue weighted by atomic mass is 32.1. The van der Waals surface area contributed by atoms with Crippen LogP contribution in [-0.2, 0) is 0 Å². The van der Waals surface area contributed by atoms with Crippen LogP contribution >= 0.6 is 22.7 Å². The van der Waals surface area contributed by atoms with E-state index in [1.165, 1.54) is 112 Å². The average molecular weight is 1680 g/mol. The van der Waals surface area contributed by atoms with E-state index in [9.17, 15) is 0 Å². The van der Waals surface area contributed by atoms with E-state index in [0.717, 1.165) is 83.5 Å². The molecule has 128 heavy (non-hydrogen) atoms. The van der Waals surface area contributed by atoms with E-state index in [-0.39, 0.29) is 0 Å². The van der Waals surface area contributed by atoms with Gasteiger partial charge in [-0.05, 0) is 199 Å². The Morgan fingerprint density at radius 2 is 0.461 bits per heavy atom. The summed E-state index contributed by atoms with van der Waals surface area (Å²) in [5, 5.41) is 10.7. The first-order chi connectivity index (χ1) is 63.0. The molecule has 0 saturated heterocycles. The molecule has 0 unspecified atom stereocenters. The first-order valence-corrected chi connectivity index (χ1v) is 44.8. The first-order valence-electron chi connectivity index (χ1n) is 43.2. The second-order valence-electron chi connectivity index (χ2n) is 32.5. The fourth-order valence-corrected chi connectivity index (χ4v) is 19.6. The van der Waals surface area contributed by atoms with Crippen LogP contribution in [-0.4, -0.2) is 39.0 Å². The number of para-hydroxylation sites is 2. The van der Waals surface area contributed by atoms with E-state index in [4.69, 9.17) is 29.9 Å². The molecule has 24 rings (SSSR count). The molecular formula is C118H84N8S2. The van der Waals surface area contributed by atoms with Gasteiger partial charge in [-0.1, -0.05) is 332 Å². The molecule has 0 bridgehead atoms. The summed E-state index contributed by atoms with van der Waals surface area (Å²) in [5.41, 5.74) is 27.2. The molecule has 0 amide bonds. The molecule has 0 spiro atoms. The third-order valence-electron chi connectivity index (χ3n) is 23.6. The highest BCUT2D eigenvalue weighted by Gasteiger charge is 2.22. The molecule has 8 nitrogen and oxygen atoms in total. The van der Waals surface area contributed by atoms with Crippen LogP contribution < -0.4 is 0 Å². The maximum Gasteiger partial charge on any atom is 0.164 e. The van der Waals surface area contributed by atoms with Gasteiger partial charge in [-0.3, -0.25) is 0 Å². The number of nitrogens with zero attached hydrogens (tertiary/aromatic N) is 8. The molecule has 0 saturated carbocycles. The van der Waals surface area contributed by atoms with Crippen LogP contribution in [0.2, 0.25) is 0 Å². The molecule has 24 aromatic rings. The van der Waals surface area contributed by atoms with Crippen molar-refractivity contribution in [1.29, 1.82) is 0 Å². The summed E-state index contributed by atoms with van der Waals surface area (Å²) in [7, 11) is 0. The minimum atomic E-state index is 0.628. The Bertz CT molecular complexity index is 7890. The number of rotatable bonds is 12. The fourth-order valence-electron chi connectivity index (χ4n) is 17.4. The van der Waals surface area contributed by atoms with Gasteiger partial charge in [-0.25, -0.2) is 29.9 Å². The van der Waals surface area contributed by atoms with Gasteiger partial charge in [0.25, 0.3) is 0 Å². The smallest absolute Gasteiger partial charge is 0.164 e. The lowest BCUT2D eigenvalue weighted by molar-refractivity contribution is 1.07. The average Bonchev–Trinajstić information content (AvgIpc) is 1.56. The van der Waals surface area contributed by atoms with Gasteiger partial charge in [-0.2, -0.15) is 0 Å². The van der Waals surface area contributed by atoms with Crippen molar-refractivity contribution < 1.29 is 0 Å². The van der Waals surface area contributed by atoms with Crippen molar-refractivity contribution in [3.8, 4) is 124 Å². The van der Waals surface area contributed by atoms with E-state index in [1.54, 1.807) is 0 Å². The third kappa shape index (κ3) is 16.2. The van der Waals surface area contributed by atoms with Crippen LogP contribution in [0.1, 0.15) is 22.3 Å². The third-order valence-corrected chi connectivity index (χ3v) is 25.9. The van der Waals surface area contributed by atoms with Gasteiger partial charge in [0.2, 0.25) is 0 Å². The Hall–Kier alpha value is -16.0. The molecule has 0 radical (unpaired) electrons. The van der Waals surface area contributed by atoms with Crippen molar-refractivity contribution >= 4 is 107 Å². The topological polar surface area (TPSA) is 87.2 Å². The number of thiophene rings is 2. The summed E-state index contributed by atoms with van der Waals surface area (Å²) in [6.45, 7) is 8.45. The molecule has 0 atom stereocenters. The molecule has 0 aliphatic heterocycles. The minimum absolute atomic E-state index is 0.628. The van der Waals surface area contributed by atoms with Crippen molar-refractivity contribution in [3.63, 3.8) is 0 Å². The molecule has 6 aromatic heterocycles. The largest absolute Gasteiger partial charge is 0.309 e. The van der Waals surface area contributed by atoms with Crippen molar-refractivity contribution in [2.45, 2.75) is 27.7 Å². The number of fused-ring (bicyclic) bond motifs is 12. The summed E-state index contributed by atoms with van der Waals surface area (Å²) < 4.78 is 10.2.